The zero-order valence-electron chi connectivity index (χ0n) is 20.8. The third-order valence-corrected chi connectivity index (χ3v) is 6.35. The summed E-state index contributed by atoms with van der Waals surface area (Å²) in [4.78, 5) is 27.8. The van der Waals surface area contributed by atoms with Crippen LogP contribution in [0, 0.1) is 0 Å². The van der Waals surface area contributed by atoms with E-state index in [0.717, 1.165) is 19.3 Å². The Morgan fingerprint density at radius 1 is 1.09 bits per heavy atom. The molecule has 1 unspecified atom stereocenters. The van der Waals surface area contributed by atoms with Gasteiger partial charge in [-0.3, -0.25) is 9.36 Å². The van der Waals surface area contributed by atoms with Crippen LogP contribution >= 0.6 is 0 Å². The van der Waals surface area contributed by atoms with Crippen LogP contribution in [-0.2, 0) is 14.3 Å². The standard InChI is InChI=1S/C26H43N3O5/c1-3-4-5-6-7-8-9-10-11-12-13-14-15-16-23(30)33-19-21-24(31)20(2)25(34-21)29-18-17-22(27)28-26(29)32/h17-18,21,24-25,31H,2-16,19H2,1H3,(H2,27,28,32)/t21-,24?,25-/m1/s1. The van der Waals surface area contributed by atoms with Crippen molar-refractivity contribution in [3.63, 3.8) is 0 Å². The van der Waals surface area contributed by atoms with Crippen LogP contribution in [0.4, 0.5) is 5.82 Å². The number of anilines is 1. The smallest absolute Gasteiger partial charge is 0.351 e. The topological polar surface area (TPSA) is 117 Å². The van der Waals surface area contributed by atoms with E-state index in [1.807, 2.05) is 0 Å². The molecule has 192 valence electrons. The van der Waals surface area contributed by atoms with E-state index in [2.05, 4.69) is 18.5 Å². The van der Waals surface area contributed by atoms with Crippen molar-refractivity contribution >= 4 is 11.8 Å². The molecule has 1 aliphatic heterocycles. The van der Waals surface area contributed by atoms with E-state index in [4.69, 9.17) is 15.2 Å². The van der Waals surface area contributed by atoms with Crippen molar-refractivity contribution in [1.82, 2.24) is 9.55 Å². The fourth-order valence-electron chi connectivity index (χ4n) is 4.23. The molecule has 1 saturated heterocycles. The number of nitrogens with two attached hydrogens (primary N) is 1. The zero-order valence-corrected chi connectivity index (χ0v) is 20.8. The van der Waals surface area contributed by atoms with Crippen LogP contribution in [0.15, 0.2) is 29.2 Å². The minimum absolute atomic E-state index is 0.0921. The highest BCUT2D eigenvalue weighted by atomic mass is 16.6. The average molecular weight is 478 g/mol. The van der Waals surface area contributed by atoms with Crippen molar-refractivity contribution in [3.05, 3.63) is 34.9 Å². The lowest BCUT2D eigenvalue weighted by atomic mass is 10.0. The maximum atomic E-state index is 12.1. The maximum absolute atomic E-state index is 12.1. The first-order valence-electron chi connectivity index (χ1n) is 13.0. The van der Waals surface area contributed by atoms with Gasteiger partial charge in [0.05, 0.1) is 0 Å². The largest absolute Gasteiger partial charge is 0.463 e. The highest BCUT2D eigenvalue weighted by Gasteiger charge is 2.39. The molecule has 0 amide bonds. The monoisotopic (exact) mass is 477 g/mol. The van der Waals surface area contributed by atoms with E-state index in [1.54, 1.807) is 0 Å². The quantitative estimate of drug-likeness (QED) is 0.190. The van der Waals surface area contributed by atoms with E-state index in [9.17, 15) is 14.7 Å². The average Bonchev–Trinajstić information content (AvgIpc) is 3.09. The Labute approximate surface area is 203 Å². The van der Waals surface area contributed by atoms with E-state index in [0.29, 0.717) is 12.0 Å². The number of aliphatic hydroxyl groups excluding tert-OH is 1. The van der Waals surface area contributed by atoms with Crippen molar-refractivity contribution in [2.45, 2.75) is 115 Å². The summed E-state index contributed by atoms with van der Waals surface area (Å²) in [6.45, 7) is 5.97. The number of unbranched alkanes of at least 4 members (excludes halogenated alkanes) is 12. The van der Waals surface area contributed by atoms with Crippen LogP contribution in [0.2, 0.25) is 0 Å². The highest BCUT2D eigenvalue weighted by Crippen LogP contribution is 2.32. The molecule has 8 nitrogen and oxygen atoms in total. The lowest BCUT2D eigenvalue weighted by Gasteiger charge is -2.15. The molecule has 34 heavy (non-hydrogen) atoms. The zero-order chi connectivity index (χ0) is 24.8. The molecule has 1 fully saturated rings. The van der Waals surface area contributed by atoms with Gasteiger partial charge in [-0.05, 0) is 12.5 Å². The molecule has 1 aliphatic rings. The summed E-state index contributed by atoms with van der Waals surface area (Å²) in [5.41, 5.74) is 5.22. The van der Waals surface area contributed by atoms with Gasteiger partial charge in [0.2, 0.25) is 0 Å². The van der Waals surface area contributed by atoms with Crippen molar-refractivity contribution in [1.29, 1.82) is 0 Å². The SMILES string of the molecule is C=C1C(O)[C@@H](COC(=O)CCCCCCCCCCCCCCC)O[C@H]1n1ccc(N)nc1=O. The molecular formula is C26H43N3O5. The van der Waals surface area contributed by atoms with Crippen LogP contribution in [0.25, 0.3) is 0 Å². The Bertz CT molecular complexity index is 810. The van der Waals surface area contributed by atoms with Gasteiger partial charge in [-0.25, -0.2) is 4.79 Å². The molecule has 0 saturated carbocycles. The molecule has 2 heterocycles. The predicted octanol–water partition coefficient (Wildman–Crippen LogP) is 4.66. The Morgan fingerprint density at radius 2 is 1.65 bits per heavy atom. The molecule has 8 heteroatoms. The van der Waals surface area contributed by atoms with Crippen LogP contribution in [0.1, 0.15) is 103 Å². The fraction of sp³-hybridized carbons (Fsp3) is 0.731. The Hall–Kier alpha value is -2.19. The molecular weight excluding hydrogens is 434 g/mol. The lowest BCUT2D eigenvalue weighted by molar-refractivity contribution is -0.150. The van der Waals surface area contributed by atoms with Crippen LogP contribution in [0.3, 0.4) is 0 Å². The number of aliphatic hydroxyl groups is 1. The molecule has 1 aromatic rings. The highest BCUT2D eigenvalue weighted by molar-refractivity contribution is 5.69. The van der Waals surface area contributed by atoms with Gasteiger partial charge in [0.15, 0.2) is 6.23 Å². The second-order valence-electron chi connectivity index (χ2n) is 9.26. The first-order chi connectivity index (χ1) is 16.4. The van der Waals surface area contributed by atoms with Crippen LogP contribution in [-0.4, -0.2) is 39.4 Å². The van der Waals surface area contributed by atoms with Gasteiger partial charge < -0.3 is 20.3 Å². The summed E-state index contributed by atoms with van der Waals surface area (Å²) in [6, 6.07) is 1.47. The fourth-order valence-corrected chi connectivity index (χ4v) is 4.23. The van der Waals surface area contributed by atoms with E-state index in [1.165, 1.54) is 81.0 Å². The van der Waals surface area contributed by atoms with Crippen LogP contribution in [0.5, 0.6) is 0 Å². The third kappa shape index (κ3) is 9.58. The van der Waals surface area contributed by atoms with Gasteiger partial charge in [-0.1, -0.05) is 90.6 Å². The van der Waals surface area contributed by atoms with Crippen molar-refractivity contribution in [2.24, 2.45) is 0 Å². The minimum atomic E-state index is -1.04. The van der Waals surface area contributed by atoms with Gasteiger partial charge >= 0.3 is 11.7 Å². The summed E-state index contributed by atoms with van der Waals surface area (Å²) in [6.07, 6.45) is 15.3. The number of hydrogen-bond donors (Lipinski definition) is 2. The molecule has 0 bridgehead atoms. The predicted molar refractivity (Wildman–Crippen MR) is 133 cm³/mol. The molecule has 1 aromatic heterocycles. The number of esters is 1. The van der Waals surface area contributed by atoms with Gasteiger partial charge in [0.1, 0.15) is 24.6 Å². The van der Waals surface area contributed by atoms with Crippen molar-refractivity contribution in [2.75, 3.05) is 12.3 Å². The minimum Gasteiger partial charge on any atom is -0.463 e. The summed E-state index contributed by atoms with van der Waals surface area (Å²) in [7, 11) is 0. The lowest BCUT2D eigenvalue weighted by Crippen LogP contribution is -2.29. The second-order valence-corrected chi connectivity index (χ2v) is 9.26. The van der Waals surface area contributed by atoms with Gasteiger partial charge in [0.25, 0.3) is 0 Å². The summed E-state index contributed by atoms with van der Waals surface area (Å²) >= 11 is 0. The number of carbonyl (C=O) groups excluding carboxylic acids is 1. The molecule has 0 aromatic carbocycles. The number of nitrogens with zero attached hydrogens (tertiary/aromatic N) is 2. The van der Waals surface area contributed by atoms with E-state index >= 15 is 0 Å². The van der Waals surface area contributed by atoms with Gasteiger partial charge in [0, 0.05) is 18.2 Å². The third-order valence-electron chi connectivity index (χ3n) is 6.35. The molecule has 0 spiro atoms. The van der Waals surface area contributed by atoms with E-state index in [-0.39, 0.29) is 18.4 Å². The normalized spacial score (nSPS) is 20.1. The first kappa shape index (κ1) is 28.1. The first-order valence-corrected chi connectivity index (χ1v) is 13.0. The molecule has 3 N–H and O–H groups in total. The molecule has 0 radical (unpaired) electrons. The number of nitrogen functional groups attached to an aromatic ring is 1. The Morgan fingerprint density at radius 3 is 2.21 bits per heavy atom. The molecule has 0 aliphatic carbocycles. The number of rotatable bonds is 17. The Kier molecular flexibility index (Phi) is 12.9. The summed E-state index contributed by atoms with van der Waals surface area (Å²) < 4.78 is 12.2. The van der Waals surface area contributed by atoms with Gasteiger partial charge in [-0.15, -0.1) is 0 Å². The molecule has 2 rings (SSSR count). The second kappa shape index (κ2) is 15.7. The number of aromatic nitrogens is 2. The van der Waals surface area contributed by atoms with Gasteiger partial charge in [-0.2, -0.15) is 4.98 Å². The summed E-state index contributed by atoms with van der Waals surface area (Å²) in [5.74, 6) is -0.205. The number of ether oxygens (including phenoxy) is 2. The van der Waals surface area contributed by atoms with Crippen LogP contribution < -0.4 is 11.4 Å². The maximum Gasteiger partial charge on any atom is 0.351 e. The molecule has 3 atom stereocenters. The summed E-state index contributed by atoms with van der Waals surface area (Å²) in [5, 5.41) is 10.4. The Balaban J connectivity index is 1.53. The number of carbonyl (C=O) groups is 1. The van der Waals surface area contributed by atoms with E-state index < -0.39 is 24.1 Å². The van der Waals surface area contributed by atoms with Crippen molar-refractivity contribution < 1.29 is 19.4 Å². The van der Waals surface area contributed by atoms with Crippen molar-refractivity contribution in [3.8, 4) is 0 Å². The number of hydrogen-bond acceptors (Lipinski definition) is 7.